The van der Waals surface area contributed by atoms with E-state index in [0.717, 1.165) is 12.5 Å². The summed E-state index contributed by atoms with van der Waals surface area (Å²) in [5.41, 5.74) is 0.244. The van der Waals surface area contributed by atoms with Crippen molar-refractivity contribution >= 4 is 21.6 Å². The first kappa shape index (κ1) is 18.4. The molecule has 1 atom stereocenters. The first-order valence-electron chi connectivity index (χ1n) is 7.00. The largest absolute Gasteiger partial charge is 0.313 e. The van der Waals surface area contributed by atoms with Crippen LogP contribution in [0.15, 0.2) is 17.0 Å². The average molecular weight is 337 g/mol. The van der Waals surface area contributed by atoms with Crippen molar-refractivity contribution in [1.82, 2.24) is 10.0 Å². The Balaban J connectivity index is 3.08. The fourth-order valence-corrected chi connectivity index (χ4v) is 3.29. The van der Waals surface area contributed by atoms with E-state index in [4.69, 9.17) is 11.6 Å². The summed E-state index contributed by atoms with van der Waals surface area (Å²) in [5, 5.41) is 3.16. The van der Waals surface area contributed by atoms with Crippen LogP contribution in [0.1, 0.15) is 32.8 Å². The molecule has 0 amide bonds. The van der Waals surface area contributed by atoms with Crippen molar-refractivity contribution in [2.24, 2.45) is 5.92 Å². The zero-order valence-corrected chi connectivity index (χ0v) is 14.1. The molecule has 0 aliphatic carbocycles. The van der Waals surface area contributed by atoms with E-state index in [0.29, 0.717) is 6.54 Å². The molecule has 0 spiro atoms. The summed E-state index contributed by atoms with van der Waals surface area (Å²) in [7, 11) is -3.90. The molecule has 0 fully saturated rings. The Bertz CT molecular complexity index is 579. The molecule has 0 aromatic heterocycles. The smallest absolute Gasteiger partial charge is 0.243 e. The molecule has 2 N–H and O–H groups in total. The highest BCUT2D eigenvalue weighted by Gasteiger charge is 2.22. The van der Waals surface area contributed by atoms with Crippen molar-refractivity contribution in [1.29, 1.82) is 0 Å². The molecule has 1 unspecified atom stereocenters. The molecule has 1 rings (SSSR count). The van der Waals surface area contributed by atoms with Gasteiger partial charge in [-0.2, -0.15) is 0 Å². The molecule has 0 heterocycles. The number of nitrogens with one attached hydrogen (secondary N) is 2. The Morgan fingerprint density at radius 2 is 2.00 bits per heavy atom. The highest BCUT2D eigenvalue weighted by Crippen LogP contribution is 2.24. The molecule has 0 bridgehead atoms. The molecular weight excluding hydrogens is 315 g/mol. The van der Waals surface area contributed by atoms with Gasteiger partial charge in [-0.15, -0.1) is 0 Å². The quantitative estimate of drug-likeness (QED) is 0.767. The van der Waals surface area contributed by atoms with Gasteiger partial charge >= 0.3 is 0 Å². The molecule has 0 radical (unpaired) electrons. The Kier molecular flexibility index (Phi) is 7.06. The van der Waals surface area contributed by atoms with Crippen LogP contribution in [0.3, 0.4) is 0 Å². The predicted molar refractivity (Wildman–Crippen MR) is 83.4 cm³/mol. The van der Waals surface area contributed by atoms with Gasteiger partial charge in [0.25, 0.3) is 0 Å². The fourth-order valence-electron chi connectivity index (χ4n) is 1.68. The van der Waals surface area contributed by atoms with Gasteiger partial charge in [0, 0.05) is 23.7 Å². The Morgan fingerprint density at radius 3 is 2.57 bits per heavy atom. The second-order valence-corrected chi connectivity index (χ2v) is 7.19. The molecule has 0 saturated carbocycles. The van der Waals surface area contributed by atoms with Gasteiger partial charge in [-0.05, 0) is 24.6 Å². The summed E-state index contributed by atoms with van der Waals surface area (Å²) in [6, 6.07) is 2.58. The van der Waals surface area contributed by atoms with E-state index in [1.54, 1.807) is 0 Å². The van der Waals surface area contributed by atoms with Crippen molar-refractivity contribution in [3.63, 3.8) is 0 Å². The van der Waals surface area contributed by atoms with E-state index in [1.165, 1.54) is 6.07 Å². The number of sulfonamides is 1. The van der Waals surface area contributed by atoms with Gasteiger partial charge in [-0.3, -0.25) is 0 Å². The van der Waals surface area contributed by atoms with Gasteiger partial charge in [0.15, 0.2) is 0 Å². The molecule has 7 heteroatoms. The molecule has 0 aliphatic rings. The van der Waals surface area contributed by atoms with Crippen LogP contribution >= 0.6 is 11.6 Å². The van der Waals surface area contributed by atoms with Gasteiger partial charge < -0.3 is 5.32 Å². The lowest BCUT2D eigenvalue weighted by atomic mass is 10.1. The molecule has 120 valence electrons. The minimum absolute atomic E-state index is 0.184. The maximum Gasteiger partial charge on any atom is 0.243 e. The summed E-state index contributed by atoms with van der Waals surface area (Å²) in [6.45, 7) is 6.93. The number of rotatable bonds is 8. The predicted octanol–water partition coefficient (Wildman–Crippen LogP) is 2.91. The van der Waals surface area contributed by atoms with Crippen LogP contribution in [0.5, 0.6) is 0 Å². The summed E-state index contributed by atoms with van der Waals surface area (Å²) in [4.78, 5) is -0.397. The number of halogens is 2. The van der Waals surface area contributed by atoms with Crippen molar-refractivity contribution < 1.29 is 12.8 Å². The number of benzene rings is 1. The molecule has 1 aromatic carbocycles. The van der Waals surface area contributed by atoms with Gasteiger partial charge in [-0.25, -0.2) is 17.5 Å². The molecule has 1 aromatic rings. The minimum Gasteiger partial charge on any atom is -0.313 e. The lowest BCUT2D eigenvalue weighted by Crippen LogP contribution is -2.29. The molecule has 21 heavy (non-hydrogen) atoms. The highest BCUT2D eigenvalue weighted by atomic mass is 35.5. The Morgan fingerprint density at radius 1 is 1.33 bits per heavy atom. The second-order valence-electron chi connectivity index (χ2n) is 5.02. The molecule has 4 nitrogen and oxygen atoms in total. The second kappa shape index (κ2) is 8.08. The van der Waals surface area contributed by atoms with Gasteiger partial charge in [0.05, 0.1) is 0 Å². The maximum absolute atomic E-state index is 14.4. The van der Waals surface area contributed by atoms with Gasteiger partial charge in [-0.1, -0.05) is 38.8 Å². The van der Waals surface area contributed by atoms with E-state index in [9.17, 15) is 12.8 Å². The average Bonchev–Trinajstić information content (AvgIpc) is 2.45. The number of hydrogen-bond acceptors (Lipinski definition) is 3. The normalized spacial score (nSPS) is 13.4. The van der Waals surface area contributed by atoms with Crippen LogP contribution in [0.25, 0.3) is 0 Å². The Labute approximate surface area is 131 Å². The lowest BCUT2D eigenvalue weighted by Gasteiger charge is -2.13. The zero-order valence-electron chi connectivity index (χ0n) is 12.5. The van der Waals surface area contributed by atoms with Crippen LogP contribution < -0.4 is 10.0 Å². The minimum atomic E-state index is -3.90. The van der Waals surface area contributed by atoms with Crippen LogP contribution in [-0.2, 0) is 16.6 Å². The van der Waals surface area contributed by atoms with Crippen molar-refractivity contribution in [2.75, 3.05) is 13.1 Å². The van der Waals surface area contributed by atoms with E-state index in [2.05, 4.69) is 10.0 Å². The Hall–Kier alpha value is -0.690. The van der Waals surface area contributed by atoms with Crippen LogP contribution in [0.4, 0.5) is 4.39 Å². The molecule has 0 aliphatic heterocycles. The van der Waals surface area contributed by atoms with Crippen LogP contribution in [0.2, 0.25) is 5.02 Å². The van der Waals surface area contributed by atoms with Crippen LogP contribution in [0, 0.1) is 11.7 Å². The first-order chi connectivity index (χ1) is 9.81. The first-order valence-corrected chi connectivity index (χ1v) is 8.86. The summed E-state index contributed by atoms with van der Waals surface area (Å²) in [6.07, 6.45) is 0.840. The topological polar surface area (TPSA) is 58.2 Å². The maximum atomic E-state index is 14.4. The number of hydrogen-bond donors (Lipinski definition) is 2. The van der Waals surface area contributed by atoms with Crippen LogP contribution in [-0.4, -0.2) is 21.5 Å². The van der Waals surface area contributed by atoms with Crippen molar-refractivity contribution in [3.8, 4) is 0 Å². The monoisotopic (exact) mass is 336 g/mol. The van der Waals surface area contributed by atoms with Gasteiger partial charge in [0.2, 0.25) is 10.0 Å². The van der Waals surface area contributed by atoms with E-state index in [1.807, 2.05) is 20.8 Å². The lowest BCUT2D eigenvalue weighted by molar-refractivity contribution is 0.517. The summed E-state index contributed by atoms with van der Waals surface area (Å²) >= 11 is 5.91. The molecular formula is C14H22ClFN2O2S. The van der Waals surface area contributed by atoms with Crippen molar-refractivity contribution in [2.45, 2.75) is 38.6 Å². The van der Waals surface area contributed by atoms with E-state index < -0.39 is 20.7 Å². The zero-order chi connectivity index (χ0) is 16.0. The molecule has 0 saturated heterocycles. The van der Waals surface area contributed by atoms with E-state index in [-0.39, 0.29) is 29.6 Å². The standard InChI is InChI=1S/C14H22ClFN2O2S/c1-4-10(3)8-18-21(19,20)13-7-12(15)6-11(14(13)16)9-17-5-2/h6-7,10,17-18H,4-5,8-9H2,1-3H3. The third kappa shape index (κ3) is 5.21. The fraction of sp³-hybridized carbons (Fsp3) is 0.571. The third-order valence-corrected chi connectivity index (χ3v) is 4.89. The highest BCUT2D eigenvalue weighted by molar-refractivity contribution is 7.89. The van der Waals surface area contributed by atoms with Crippen molar-refractivity contribution in [3.05, 3.63) is 28.5 Å². The third-order valence-electron chi connectivity index (χ3n) is 3.25. The SMILES string of the molecule is CCNCc1cc(Cl)cc(S(=O)(=O)NCC(C)CC)c1F. The summed E-state index contributed by atoms with van der Waals surface area (Å²) < 4.78 is 41.2. The van der Waals surface area contributed by atoms with Gasteiger partial charge in [0.1, 0.15) is 10.7 Å². The van der Waals surface area contributed by atoms with E-state index >= 15 is 0 Å². The summed E-state index contributed by atoms with van der Waals surface area (Å²) in [5.74, 6) is -0.569.